The van der Waals surface area contributed by atoms with Crippen molar-refractivity contribution in [1.29, 1.82) is 0 Å². The van der Waals surface area contributed by atoms with E-state index in [0.717, 1.165) is 0 Å². The molecule has 0 saturated heterocycles. The van der Waals surface area contributed by atoms with Gasteiger partial charge in [0.1, 0.15) is 11.5 Å². The fourth-order valence-corrected chi connectivity index (χ4v) is 1.66. The van der Waals surface area contributed by atoms with Crippen molar-refractivity contribution in [2.45, 2.75) is 6.29 Å². The number of carbonyl (C=O) groups is 1. The minimum atomic E-state index is -1.59. The molecule has 0 aromatic heterocycles. The van der Waals surface area contributed by atoms with Crippen LogP contribution < -0.4 is 9.47 Å². The third-order valence-electron chi connectivity index (χ3n) is 2.55. The topological polar surface area (TPSA) is 98.9 Å². The van der Waals surface area contributed by atoms with Gasteiger partial charge in [0, 0.05) is 17.2 Å². The summed E-state index contributed by atoms with van der Waals surface area (Å²) in [6, 6.07) is 11.1. The van der Waals surface area contributed by atoms with Crippen molar-refractivity contribution < 1.29 is 24.3 Å². The molecule has 1 unspecified atom stereocenters. The van der Waals surface area contributed by atoms with Gasteiger partial charge in [-0.25, -0.2) is 4.79 Å². The summed E-state index contributed by atoms with van der Waals surface area (Å²) >= 11 is 5.72. The van der Waals surface area contributed by atoms with Gasteiger partial charge in [0.2, 0.25) is 0 Å². The van der Waals surface area contributed by atoms with E-state index in [1.54, 1.807) is 12.1 Å². The lowest BCUT2D eigenvalue weighted by Crippen LogP contribution is -2.33. The van der Waals surface area contributed by atoms with Gasteiger partial charge in [0.25, 0.3) is 5.69 Å². The number of hydrogen-bond donors (Lipinski definition) is 1. The Morgan fingerprint density at radius 1 is 1.05 bits per heavy atom. The maximum absolute atomic E-state index is 11.2. The molecule has 0 aliphatic rings. The Labute approximate surface area is 129 Å². The van der Waals surface area contributed by atoms with E-state index in [-0.39, 0.29) is 17.2 Å². The number of non-ortho nitro benzene ring substituents is 1. The molecule has 0 amide bonds. The first-order chi connectivity index (χ1) is 10.5. The average Bonchev–Trinajstić information content (AvgIpc) is 2.49. The van der Waals surface area contributed by atoms with E-state index in [2.05, 4.69) is 0 Å². The summed E-state index contributed by atoms with van der Waals surface area (Å²) in [6.45, 7) is 0. The molecule has 0 fully saturated rings. The summed E-state index contributed by atoms with van der Waals surface area (Å²) in [5, 5.41) is 20.1. The second-order valence-electron chi connectivity index (χ2n) is 4.11. The largest absolute Gasteiger partial charge is 0.476 e. The van der Waals surface area contributed by atoms with Crippen LogP contribution in [0.15, 0.2) is 48.5 Å². The van der Waals surface area contributed by atoms with Crippen LogP contribution in [0.5, 0.6) is 11.5 Å². The number of hydrogen-bond acceptors (Lipinski definition) is 5. The molecule has 0 saturated carbocycles. The molecular weight excluding hydrogens is 314 g/mol. The van der Waals surface area contributed by atoms with Crippen LogP contribution in [0.1, 0.15) is 0 Å². The van der Waals surface area contributed by atoms with Crippen LogP contribution in [0.2, 0.25) is 5.02 Å². The highest BCUT2D eigenvalue weighted by Crippen LogP contribution is 2.21. The van der Waals surface area contributed by atoms with Crippen molar-refractivity contribution in [2.24, 2.45) is 0 Å². The third-order valence-corrected chi connectivity index (χ3v) is 2.80. The van der Waals surface area contributed by atoms with Gasteiger partial charge in [-0.1, -0.05) is 11.6 Å². The molecule has 0 heterocycles. The number of carboxylic acid groups (broad SMARTS) is 1. The number of nitro benzene ring substituents is 1. The summed E-state index contributed by atoms with van der Waals surface area (Å²) in [4.78, 5) is 21.1. The number of nitrogens with zero attached hydrogens (tertiary/aromatic N) is 1. The molecule has 0 aliphatic heterocycles. The molecule has 2 aromatic rings. The minimum absolute atomic E-state index is 0.127. The quantitative estimate of drug-likeness (QED) is 0.498. The Kier molecular flexibility index (Phi) is 4.80. The van der Waals surface area contributed by atoms with Crippen LogP contribution in [0.4, 0.5) is 5.69 Å². The first kappa shape index (κ1) is 15.6. The Hall–Kier alpha value is -2.80. The maximum Gasteiger partial charge on any atom is 0.387 e. The predicted octanol–water partition coefficient (Wildman–Crippen LogP) is 3.12. The van der Waals surface area contributed by atoms with Crippen LogP contribution in [0.3, 0.4) is 0 Å². The molecule has 8 heteroatoms. The highest BCUT2D eigenvalue weighted by atomic mass is 35.5. The third kappa shape index (κ3) is 4.10. The fourth-order valence-electron chi connectivity index (χ4n) is 1.53. The molecule has 7 nitrogen and oxygen atoms in total. The molecule has 1 N–H and O–H groups in total. The van der Waals surface area contributed by atoms with Gasteiger partial charge in [-0.2, -0.15) is 0 Å². The lowest BCUT2D eigenvalue weighted by Gasteiger charge is -2.16. The number of halogens is 1. The van der Waals surface area contributed by atoms with Gasteiger partial charge in [-0.05, 0) is 36.4 Å². The number of nitro groups is 1. The summed E-state index contributed by atoms with van der Waals surface area (Å²) < 4.78 is 10.4. The summed E-state index contributed by atoms with van der Waals surface area (Å²) in [7, 11) is 0. The number of aliphatic carboxylic acids is 1. The molecule has 22 heavy (non-hydrogen) atoms. The Morgan fingerprint density at radius 2 is 1.50 bits per heavy atom. The first-order valence-corrected chi connectivity index (χ1v) is 6.39. The normalized spacial score (nSPS) is 11.5. The van der Waals surface area contributed by atoms with Gasteiger partial charge in [0.15, 0.2) is 0 Å². The zero-order chi connectivity index (χ0) is 16.1. The van der Waals surface area contributed by atoms with E-state index in [1.165, 1.54) is 36.4 Å². The predicted molar refractivity (Wildman–Crippen MR) is 77.2 cm³/mol. The molecule has 2 aromatic carbocycles. The van der Waals surface area contributed by atoms with Crippen LogP contribution in [-0.4, -0.2) is 22.3 Å². The highest BCUT2D eigenvalue weighted by molar-refractivity contribution is 6.30. The zero-order valence-corrected chi connectivity index (χ0v) is 11.8. The van der Waals surface area contributed by atoms with E-state index in [0.29, 0.717) is 5.02 Å². The molecule has 114 valence electrons. The van der Waals surface area contributed by atoms with E-state index < -0.39 is 17.2 Å². The molecule has 0 radical (unpaired) electrons. The zero-order valence-electron chi connectivity index (χ0n) is 11.0. The van der Waals surface area contributed by atoms with Gasteiger partial charge >= 0.3 is 12.3 Å². The molecule has 2 rings (SSSR count). The number of benzene rings is 2. The van der Waals surface area contributed by atoms with E-state index in [9.17, 15) is 14.9 Å². The number of ether oxygens (including phenoxy) is 2. The maximum atomic E-state index is 11.2. The summed E-state index contributed by atoms with van der Waals surface area (Å²) in [6.07, 6.45) is -1.59. The molecule has 0 bridgehead atoms. The molecule has 1 atom stereocenters. The van der Waals surface area contributed by atoms with Crippen molar-refractivity contribution in [1.82, 2.24) is 0 Å². The van der Waals surface area contributed by atoms with Crippen LogP contribution >= 0.6 is 11.6 Å². The van der Waals surface area contributed by atoms with Crippen molar-refractivity contribution in [2.75, 3.05) is 0 Å². The minimum Gasteiger partial charge on any atom is -0.476 e. The van der Waals surface area contributed by atoms with Gasteiger partial charge in [-0.3, -0.25) is 10.1 Å². The highest BCUT2D eigenvalue weighted by Gasteiger charge is 2.22. The number of rotatable bonds is 6. The standard InChI is InChI=1S/C14H10ClNO6/c15-9-1-5-11(6-2-9)21-14(13(17)18)22-12-7-3-10(4-8-12)16(19)20/h1-8,14H,(H,17,18). The van der Waals surface area contributed by atoms with Gasteiger partial charge < -0.3 is 14.6 Å². The van der Waals surface area contributed by atoms with E-state index in [1.807, 2.05) is 0 Å². The van der Waals surface area contributed by atoms with Crippen LogP contribution in [-0.2, 0) is 4.79 Å². The second kappa shape index (κ2) is 6.77. The molecular formula is C14H10ClNO6. The second-order valence-corrected chi connectivity index (χ2v) is 4.55. The van der Waals surface area contributed by atoms with Gasteiger partial charge in [0.05, 0.1) is 4.92 Å². The van der Waals surface area contributed by atoms with Crippen molar-refractivity contribution in [3.63, 3.8) is 0 Å². The average molecular weight is 324 g/mol. The smallest absolute Gasteiger partial charge is 0.387 e. The van der Waals surface area contributed by atoms with Crippen LogP contribution in [0, 0.1) is 10.1 Å². The SMILES string of the molecule is O=C(O)C(Oc1ccc(Cl)cc1)Oc1ccc([N+](=O)[O-])cc1. The summed E-state index contributed by atoms with van der Waals surface area (Å²) in [5.41, 5.74) is -0.127. The molecule has 0 spiro atoms. The van der Waals surface area contributed by atoms with Crippen molar-refractivity contribution in [3.8, 4) is 11.5 Å². The lowest BCUT2D eigenvalue weighted by atomic mass is 10.3. The van der Waals surface area contributed by atoms with E-state index in [4.69, 9.17) is 26.2 Å². The monoisotopic (exact) mass is 323 g/mol. The molecule has 0 aliphatic carbocycles. The Bertz CT molecular complexity index is 671. The fraction of sp³-hybridized carbons (Fsp3) is 0.0714. The van der Waals surface area contributed by atoms with Gasteiger partial charge in [-0.15, -0.1) is 0 Å². The lowest BCUT2D eigenvalue weighted by molar-refractivity contribution is -0.384. The van der Waals surface area contributed by atoms with E-state index >= 15 is 0 Å². The Morgan fingerprint density at radius 3 is 1.91 bits per heavy atom. The van der Waals surface area contributed by atoms with Crippen molar-refractivity contribution >= 4 is 23.3 Å². The van der Waals surface area contributed by atoms with Crippen LogP contribution in [0.25, 0.3) is 0 Å². The van der Waals surface area contributed by atoms with Crippen molar-refractivity contribution in [3.05, 3.63) is 63.7 Å². The Balaban J connectivity index is 2.09. The first-order valence-electron chi connectivity index (χ1n) is 6.02. The number of carboxylic acids is 1. The summed E-state index contributed by atoms with van der Waals surface area (Å²) in [5.74, 6) is -0.945.